The van der Waals surface area contributed by atoms with E-state index in [1.54, 1.807) is 12.4 Å². The smallest absolute Gasteiger partial charge is 0.265 e. The average molecular weight is 400 g/mol. The standard InChI is InChI=1S/C16H15Cl2N3O3S/c1-21(9-6-11-4-7-19-8-5-11)25(23,24)12-2-3-14-13(10-12)16(17,18)15(22)20-14/h2-5,7-8,10H,6,9H2,1H3,(H,20,22). The number of carbonyl (C=O) groups excluding carboxylic acids is 1. The number of carbonyl (C=O) groups is 1. The zero-order chi connectivity index (χ0) is 18.2. The van der Waals surface area contributed by atoms with Crippen LogP contribution < -0.4 is 5.32 Å². The van der Waals surface area contributed by atoms with Crippen LogP contribution in [0.2, 0.25) is 0 Å². The van der Waals surface area contributed by atoms with Crippen LogP contribution in [0.4, 0.5) is 5.69 Å². The number of nitrogens with one attached hydrogen (secondary N) is 1. The number of rotatable bonds is 5. The molecule has 1 aromatic heterocycles. The van der Waals surface area contributed by atoms with Crippen LogP contribution in [0.1, 0.15) is 11.1 Å². The Morgan fingerprint density at radius 3 is 2.56 bits per heavy atom. The first-order valence-corrected chi connectivity index (χ1v) is 9.61. The molecule has 9 heteroatoms. The Hall–Kier alpha value is -1.67. The number of hydrogen-bond donors (Lipinski definition) is 1. The highest BCUT2D eigenvalue weighted by Crippen LogP contribution is 2.45. The highest BCUT2D eigenvalue weighted by Gasteiger charge is 2.44. The van der Waals surface area contributed by atoms with Gasteiger partial charge in [0.25, 0.3) is 5.91 Å². The number of amides is 1. The average Bonchev–Trinajstić information content (AvgIpc) is 2.82. The van der Waals surface area contributed by atoms with Gasteiger partial charge in [0.2, 0.25) is 14.4 Å². The summed E-state index contributed by atoms with van der Waals surface area (Å²) in [6, 6.07) is 7.92. The summed E-state index contributed by atoms with van der Waals surface area (Å²) in [6.45, 7) is 0.299. The van der Waals surface area contributed by atoms with Crippen molar-refractivity contribution < 1.29 is 13.2 Å². The summed E-state index contributed by atoms with van der Waals surface area (Å²) < 4.78 is 25.0. The third-order valence-corrected chi connectivity index (χ3v) is 6.64. The largest absolute Gasteiger partial charge is 0.323 e. The third-order valence-electron chi connectivity index (χ3n) is 4.04. The van der Waals surface area contributed by atoms with Gasteiger partial charge in [0.05, 0.1) is 4.90 Å². The second-order valence-corrected chi connectivity index (χ2v) is 9.04. The Labute approximate surface area is 155 Å². The van der Waals surface area contributed by atoms with E-state index in [0.717, 1.165) is 5.56 Å². The fourth-order valence-electron chi connectivity index (χ4n) is 2.51. The summed E-state index contributed by atoms with van der Waals surface area (Å²) >= 11 is 12.1. The van der Waals surface area contributed by atoms with Crippen LogP contribution in [-0.4, -0.2) is 37.2 Å². The Morgan fingerprint density at radius 1 is 1.20 bits per heavy atom. The van der Waals surface area contributed by atoms with E-state index in [4.69, 9.17) is 23.2 Å². The van der Waals surface area contributed by atoms with Gasteiger partial charge in [-0.1, -0.05) is 23.2 Å². The van der Waals surface area contributed by atoms with E-state index < -0.39 is 20.3 Å². The van der Waals surface area contributed by atoms with Crippen molar-refractivity contribution in [1.82, 2.24) is 9.29 Å². The van der Waals surface area contributed by atoms with Crippen LogP contribution in [0.5, 0.6) is 0 Å². The molecule has 2 heterocycles. The molecule has 0 saturated heterocycles. The van der Waals surface area contributed by atoms with Gasteiger partial charge >= 0.3 is 0 Å². The normalized spacial score (nSPS) is 15.9. The van der Waals surface area contributed by atoms with Gasteiger partial charge in [0.1, 0.15) is 0 Å². The predicted octanol–water partition coefficient (Wildman–Crippen LogP) is 2.53. The maximum absolute atomic E-state index is 12.8. The van der Waals surface area contributed by atoms with E-state index in [-0.39, 0.29) is 10.5 Å². The van der Waals surface area contributed by atoms with Gasteiger partial charge in [-0.15, -0.1) is 0 Å². The third kappa shape index (κ3) is 3.37. The van der Waals surface area contributed by atoms with Gasteiger partial charge < -0.3 is 5.32 Å². The molecule has 1 aliphatic heterocycles. The molecule has 132 valence electrons. The number of aromatic nitrogens is 1. The maximum atomic E-state index is 12.8. The number of anilines is 1. The summed E-state index contributed by atoms with van der Waals surface area (Å²) in [5.41, 5.74) is 1.64. The number of halogens is 2. The van der Waals surface area contributed by atoms with Crippen LogP contribution >= 0.6 is 23.2 Å². The van der Waals surface area contributed by atoms with E-state index >= 15 is 0 Å². The lowest BCUT2D eigenvalue weighted by Gasteiger charge is -2.18. The van der Waals surface area contributed by atoms with Crippen LogP contribution in [0.15, 0.2) is 47.6 Å². The van der Waals surface area contributed by atoms with Crippen molar-refractivity contribution in [3.05, 3.63) is 53.9 Å². The van der Waals surface area contributed by atoms with Crippen molar-refractivity contribution in [2.24, 2.45) is 0 Å². The van der Waals surface area contributed by atoms with Crippen molar-refractivity contribution >= 4 is 44.8 Å². The van der Waals surface area contributed by atoms with Gasteiger partial charge in [-0.3, -0.25) is 9.78 Å². The molecular weight excluding hydrogens is 385 g/mol. The molecule has 0 unspecified atom stereocenters. The molecule has 25 heavy (non-hydrogen) atoms. The molecule has 0 radical (unpaired) electrons. The number of pyridine rings is 1. The lowest BCUT2D eigenvalue weighted by atomic mass is 10.1. The molecule has 1 N–H and O–H groups in total. The van der Waals surface area contributed by atoms with E-state index in [2.05, 4.69) is 10.3 Å². The molecule has 0 fully saturated rings. The summed E-state index contributed by atoms with van der Waals surface area (Å²) in [4.78, 5) is 15.7. The minimum Gasteiger partial charge on any atom is -0.323 e. The second-order valence-electron chi connectivity index (χ2n) is 5.67. The molecule has 0 spiro atoms. The van der Waals surface area contributed by atoms with Crippen molar-refractivity contribution in [3.63, 3.8) is 0 Å². The Kier molecular flexibility index (Phi) is 4.76. The van der Waals surface area contributed by atoms with Crippen LogP contribution in [0.3, 0.4) is 0 Å². The first-order chi connectivity index (χ1) is 11.7. The molecule has 0 bridgehead atoms. The predicted molar refractivity (Wildman–Crippen MR) is 96.2 cm³/mol. The Morgan fingerprint density at radius 2 is 1.88 bits per heavy atom. The molecular formula is C16H15Cl2N3O3S. The van der Waals surface area contributed by atoms with Crippen LogP contribution in [0, 0.1) is 0 Å². The fraction of sp³-hybridized carbons (Fsp3) is 0.250. The minimum atomic E-state index is -3.74. The molecule has 1 aromatic carbocycles. The number of benzene rings is 1. The Balaban J connectivity index is 1.83. The van der Waals surface area contributed by atoms with Crippen LogP contribution in [0.25, 0.3) is 0 Å². The molecule has 2 aromatic rings. The summed E-state index contributed by atoms with van der Waals surface area (Å²) in [6.07, 6.45) is 3.88. The van der Waals surface area contributed by atoms with Gasteiger partial charge in [-0.2, -0.15) is 0 Å². The zero-order valence-corrected chi connectivity index (χ0v) is 15.6. The zero-order valence-electron chi connectivity index (χ0n) is 13.2. The van der Waals surface area contributed by atoms with Gasteiger partial charge in [0, 0.05) is 37.2 Å². The van der Waals surface area contributed by atoms with Gasteiger partial charge in [-0.25, -0.2) is 12.7 Å². The maximum Gasteiger partial charge on any atom is 0.265 e. The number of fused-ring (bicyclic) bond motifs is 1. The van der Waals surface area contributed by atoms with Crippen molar-refractivity contribution in [2.75, 3.05) is 18.9 Å². The summed E-state index contributed by atoms with van der Waals surface area (Å²) in [5.74, 6) is -0.591. The summed E-state index contributed by atoms with van der Waals surface area (Å²) in [7, 11) is -2.24. The van der Waals surface area contributed by atoms with Crippen molar-refractivity contribution in [2.45, 2.75) is 15.6 Å². The Bertz CT molecular complexity index is 917. The highest BCUT2D eigenvalue weighted by molar-refractivity contribution is 7.89. The quantitative estimate of drug-likeness (QED) is 0.783. The molecule has 0 atom stereocenters. The number of likely N-dealkylation sites (N-methyl/N-ethyl adjacent to an activating group) is 1. The first-order valence-electron chi connectivity index (χ1n) is 7.42. The molecule has 1 aliphatic rings. The van der Waals surface area contributed by atoms with Crippen molar-refractivity contribution in [1.29, 1.82) is 0 Å². The number of sulfonamides is 1. The molecule has 3 rings (SSSR count). The van der Waals surface area contributed by atoms with E-state index in [1.807, 2.05) is 12.1 Å². The first kappa shape index (κ1) is 18.1. The molecule has 0 aliphatic carbocycles. The van der Waals surface area contributed by atoms with Gasteiger partial charge in [-0.05, 0) is 42.3 Å². The van der Waals surface area contributed by atoms with Gasteiger partial charge in [0.15, 0.2) is 0 Å². The number of alkyl halides is 2. The number of nitrogens with zero attached hydrogens (tertiary/aromatic N) is 2. The van der Waals surface area contributed by atoms with E-state index in [0.29, 0.717) is 18.7 Å². The minimum absolute atomic E-state index is 0.0330. The fourth-order valence-corrected chi connectivity index (χ4v) is 4.12. The molecule has 1 amide bonds. The highest BCUT2D eigenvalue weighted by atomic mass is 35.5. The molecule has 6 nitrogen and oxygen atoms in total. The number of hydrogen-bond acceptors (Lipinski definition) is 4. The monoisotopic (exact) mass is 399 g/mol. The SMILES string of the molecule is CN(CCc1ccncc1)S(=O)(=O)c1ccc2c(c1)C(Cl)(Cl)C(=O)N2. The lowest BCUT2D eigenvalue weighted by molar-refractivity contribution is -0.116. The topological polar surface area (TPSA) is 79.4 Å². The summed E-state index contributed by atoms with van der Waals surface area (Å²) in [5, 5.41) is 2.53. The van der Waals surface area contributed by atoms with Crippen LogP contribution in [-0.2, 0) is 25.6 Å². The van der Waals surface area contributed by atoms with E-state index in [1.165, 1.54) is 29.6 Å². The van der Waals surface area contributed by atoms with Crippen molar-refractivity contribution in [3.8, 4) is 0 Å². The lowest BCUT2D eigenvalue weighted by Crippen LogP contribution is -2.29. The van der Waals surface area contributed by atoms with E-state index in [9.17, 15) is 13.2 Å². The molecule has 0 saturated carbocycles. The second kappa shape index (κ2) is 6.57.